The molecule has 0 saturated heterocycles. The Morgan fingerprint density at radius 2 is 1.94 bits per heavy atom. The number of fused-ring (bicyclic) bond motifs is 1. The molecular formula is C24H21ClIN3O2. The highest BCUT2D eigenvalue weighted by Gasteiger charge is 2.42. The summed E-state index contributed by atoms with van der Waals surface area (Å²) in [5.41, 5.74) is 3.06. The molecule has 7 heteroatoms. The van der Waals surface area contributed by atoms with Crippen LogP contribution in [0.5, 0.6) is 0 Å². The molecule has 1 aliphatic rings. The van der Waals surface area contributed by atoms with Gasteiger partial charge in [-0.25, -0.2) is 0 Å². The summed E-state index contributed by atoms with van der Waals surface area (Å²) in [4.78, 5) is 32.6. The van der Waals surface area contributed by atoms with E-state index in [-0.39, 0.29) is 11.8 Å². The Hall–Kier alpha value is -2.45. The molecule has 2 aromatic carbocycles. The molecule has 2 unspecified atom stereocenters. The molecule has 0 radical (unpaired) electrons. The monoisotopic (exact) mass is 545 g/mol. The molecule has 0 spiro atoms. The van der Waals surface area contributed by atoms with Crippen LogP contribution in [0.1, 0.15) is 40.1 Å². The molecule has 1 aliphatic heterocycles. The number of hydrogen-bond donors (Lipinski definition) is 1. The van der Waals surface area contributed by atoms with Gasteiger partial charge in [0.25, 0.3) is 5.91 Å². The Morgan fingerprint density at radius 3 is 2.68 bits per heavy atom. The second-order valence-corrected chi connectivity index (χ2v) is 10.2. The van der Waals surface area contributed by atoms with Gasteiger partial charge < -0.3 is 10.2 Å². The van der Waals surface area contributed by atoms with Crippen molar-refractivity contribution in [1.82, 2.24) is 15.2 Å². The maximum atomic E-state index is 13.5. The first-order valence-electron chi connectivity index (χ1n) is 9.93. The number of benzene rings is 2. The van der Waals surface area contributed by atoms with Gasteiger partial charge in [-0.2, -0.15) is 0 Å². The number of aromatic nitrogens is 1. The van der Waals surface area contributed by atoms with E-state index in [0.717, 1.165) is 16.8 Å². The van der Waals surface area contributed by atoms with E-state index in [1.807, 2.05) is 61.5 Å². The molecule has 2 heterocycles. The van der Waals surface area contributed by atoms with Crippen molar-refractivity contribution < 1.29 is 9.59 Å². The van der Waals surface area contributed by atoms with Gasteiger partial charge >= 0.3 is 0 Å². The number of nitrogens with one attached hydrogen (secondary N) is 1. The molecular weight excluding hydrogens is 525 g/mol. The summed E-state index contributed by atoms with van der Waals surface area (Å²) in [6.07, 6.45) is 2.30. The predicted molar refractivity (Wildman–Crippen MR) is 129 cm³/mol. The van der Waals surface area contributed by atoms with E-state index in [4.69, 9.17) is 11.6 Å². The van der Waals surface area contributed by atoms with Crippen LogP contribution in [0.2, 0.25) is 5.02 Å². The number of halogens is 2. The lowest BCUT2D eigenvalue weighted by molar-refractivity contribution is -0.126. The normalized spacial score (nSPS) is 17.2. The fourth-order valence-electron chi connectivity index (χ4n) is 3.82. The van der Waals surface area contributed by atoms with Crippen molar-refractivity contribution in [3.05, 3.63) is 100 Å². The van der Waals surface area contributed by atoms with Gasteiger partial charge in [-0.1, -0.05) is 48.0 Å². The molecule has 3 aromatic rings. The van der Waals surface area contributed by atoms with Crippen molar-refractivity contribution in [1.29, 1.82) is 0 Å². The van der Waals surface area contributed by atoms with E-state index in [0.29, 0.717) is 23.6 Å². The van der Waals surface area contributed by atoms with Crippen molar-refractivity contribution in [2.75, 3.05) is 6.54 Å². The Morgan fingerprint density at radius 1 is 1.16 bits per heavy atom. The lowest BCUT2D eigenvalue weighted by atomic mass is 10.0. The predicted octanol–water partition coefficient (Wildman–Crippen LogP) is 4.90. The van der Waals surface area contributed by atoms with Crippen molar-refractivity contribution in [2.45, 2.75) is 22.9 Å². The van der Waals surface area contributed by atoms with E-state index >= 15 is 0 Å². The number of alkyl halides is 1. The highest BCUT2D eigenvalue weighted by atomic mass is 127. The molecule has 1 N–H and O–H groups in total. The Bertz CT molecular complexity index is 1120. The number of pyridine rings is 1. The topological polar surface area (TPSA) is 62.3 Å². The van der Waals surface area contributed by atoms with Crippen molar-refractivity contribution in [2.24, 2.45) is 0 Å². The molecule has 0 fully saturated rings. The van der Waals surface area contributed by atoms with Crippen LogP contribution < -0.4 is 5.32 Å². The fourth-order valence-corrected chi connectivity index (χ4v) is 4.61. The van der Waals surface area contributed by atoms with Crippen LogP contribution in [-0.4, -0.2) is 28.2 Å². The number of carbonyl (C=O) groups is 2. The minimum atomic E-state index is -0.694. The van der Waals surface area contributed by atoms with Gasteiger partial charge in [0.2, 0.25) is 5.91 Å². The van der Waals surface area contributed by atoms with Crippen LogP contribution in [0, 0.1) is 0 Å². The quantitative estimate of drug-likeness (QED) is 0.272. The van der Waals surface area contributed by atoms with Gasteiger partial charge in [0.15, 0.2) is 0 Å². The SMILES string of the molecule is CC(I)(NC(=O)C1c2ccccc2C(=O)N1CCc1ccccn1)c1cccc(Cl)c1. The Kier molecular flexibility index (Phi) is 6.29. The second-order valence-electron chi connectivity index (χ2n) is 7.56. The van der Waals surface area contributed by atoms with Gasteiger partial charge in [0.1, 0.15) is 9.59 Å². The van der Waals surface area contributed by atoms with E-state index in [1.54, 1.807) is 23.2 Å². The number of rotatable bonds is 6. The standard InChI is InChI=1S/C24H21ClIN3O2/c1-24(26,16-7-6-8-17(25)15-16)28-22(30)21-19-10-2-3-11-20(19)23(31)29(21)14-12-18-9-4-5-13-27-18/h2-11,13,15,21H,12,14H2,1H3,(H,28,30). The van der Waals surface area contributed by atoms with Gasteiger partial charge in [-0.15, -0.1) is 0 Å². The first-order chi connectivity index (χ1) is 14.9. The first-order valence-corrected chi connectivity index (χ1v) is 11.4. The summed E-state index contributed by atoms with van der Waals surface area (Å²) in [6.45, 7) is 2.32. The average molecular weight is 546 g/mol. The second kappa shape index (κ2) is 8.96. The van der Waals surface area contributed by atoms with Crippen LogP contribution in [0.15, 0.2) is 72.9 Å². The zero-order valence-electron chi connectivity index (χ0n) is 16.9. The van der Waals surface area contributed by atoms with Gasteiger partial charge in [-0.3, -0.25) is 14.6 Å². The summed E-state index contributed by atoms with van der Waals surface area (Å²) in [5.74, 6) is -0.360. The Labute approximate surface area is 200 Å². The van der Waals surface area contributed by atoms with E-state index in [2.05, 4.69) is 32.9 Å². The van der Waals surface area contributed by atoms with Crippen LogP contribution in [0.3, 0.4) is 0 Å². The third-order valence-corrected chi connectivity index (χ3v) is 6.49. The highest BCUT2D eigenvalue weighted by molar-refractivity contribution is 14.1. The number of nitrogens with zero attached hydrogens (tertiary/aromatic N) is 2. The molecule has 0 bridgehead atoms. The molecule has 31 heavy (non-hydrogen) atoms. The van der Waals surface area contributed by atoms with Gasteiger partial charge in [0, 0.05) is 35.4 Å². The van der Waals surface area contributed by atoms with Crippen LogP contribution >= 0.6 is 34.2 Å². The molecule has 158 valence electrons. The van der Waals surface area contributed by atoms with E-state index < -0.39 is 9.59 Å². The van der Waals surface area contributed by atoms with Crippen molar-refractivity contribution in [3.63, 3.8) is 0 Å². The maximum absolute atomic E-state index is 13.5. The maximum Gasteiger partial charge on any atom is 0.255 e. The number of amides is 2. The zero-order valence-corrected chi connectivity index (χ0v) is 19.8. The third-order valence-electron chi connectivity index (χ3n) is 5.37. The molecule has 0 aliphatic carbocycles. The molecule has 0 saturated carbocycles. The Balaban J connectivity index is 1.61. The van der Waals surface area contributed by atoms with E-state index in [1.165, 1.54) is 0 Å². The van der Waals surface area contributed by atoms with Gasteiger partial charge in [-0.05, 0) is 71.0 Å². The summed E-state index contributed by atoms with van der Waals surface area (Å²) < 4.78 is -0.688. The number of carbonyl (C=O) groups excluding carboxylic acids is 2. The summed E-state index contributed by atoms with van der Waals surface area (Å²) in [5, 5.41) is 3.72. The minimum absolute atomic E-state index is 0.135. The van der Waals surface area contributed by atoms with Crippen LogP contribution in [0.25, 0.3) is 0 Å². The first kappa shape index (κ1) is 21.8. The fraction of sp³-hybridized carbons (Fsp3) is 0.208. The molecule has 2 amide bonds. The summed E-state index contributed by atoms with van der Waals surface area (Å²) in [7, 11) is 0. The van der Waals surface area contributed by atoms with Crippen LogP contribution in [0.4, 0.5) is 0 Å². The molecule has 5 nitrogen and oxygen atoms in total. The summed E-state index contributed by atoms with van der Waals surface area (Å²) >= 11 is 8.35. The largest absolute Gasteiger partial charge is 0.336 e. The lowest BCUT2D eigenvalue weighted by Crippen LogP contribution is -2.45. The smallest absolute Gasteiger partial charge is 0.255 e. The third kappa shape index (κ3) is 4.60. The van der Waals surface area contributed by atoms with Gasteiger partial charge in [0.05, 0.1) is 0 Å². The number of hydrogen-bond acceptors (Lipinski definition) is 3. The highest BCUT2D eigenvalue weighted by Crippen LogP contribution is 2.36. The van der Waals surface area contributed by atoms with Crippen molar-refractivity contribution >= 4 is 46.0 Å². The van der Waals surface area contributed by atoms with Crippen molar-refractivity contribution in [3.8, 4) is 0 Å². The van der Waals surface area contributed by atoms with E-state index in [9.17, 15) is 9.59 Å². The summed E-state index contributed by atoms with van der Waals surface area (Å²) in [6, 6.07) is 19.7. The van der Waals surface area contributed by atoms with Crippen LogP contribution in [-0.2, 0) is 14.8 Å². The minimum Gasteiger partial charge on any atom is -0.336 e. The lowest BCUT2D eigenvalue weighted by Gasteiger charge is -2.30. The molecule has 1 aromatic heterocycles. The molecule has 2 atom stereocenters. The zero-order chi connectivity index (χ0) is 22.0. The average Bonchev–Trinajstić information content (AvgIpc) is 3.05. The molecule has 4 rings (SSSR count).